The summed E-state index contributed by atoms with van der Waals surface area (Å²) < 4.78 is 20.4. The van der Waals surface area contributed by atoms with Crippen molar-refractivity contribution in [1.29, 1.82) is 0 Å². The molecule has 0 bridgehead atoms. The van der Waals surface area contributed by atoms with E-state index in [0.717, 1.165) is 71.8 Å². The Hall–Kier alpha value is -6.06. The van der Waals surface area contributed by atoms with Gasteiger partial charge in [-0.1, -0.05) is 95.2 Å². The molecule has 50 heavy (non-hydrogen) atoms. The number of ether oxygens (including phenoxy) is 2. The van der Waals surface area contributed by atoms with Crippen molar-refractivity contribution in [2.75, 3.05) is 26.4 Å². The second kappa shape index (κ2) is 18.5. The Morgan fingerprint density at radius 1 is 0.600 bits per heavy atom. The summed E-state index contributed by atoms with van der Waals surface area (Å²) in [6.07, 6.45) is 5.46. The Kier molecular flexibility index (Phi) is 13.0. The van der Waals surface area contributed by atoms with Crippen molar-refractivity contribution >= 4 is 45.4 Å². The highest BCUT2D eigenvalue weighted by Gasteiger charge is 2.16. The van der Waals surface area contributed by atoms with Gasteiger partial charge in [-0.15, -0.1) is 0 Å². The minimum absolute atomic E-state index is 0.379. The summed E-state index contributed by atoms with van der Waals surface area (Å²) in [5.41, 5.74) is 6.95. The summed E-state index contributed by atoms with van der Waals surface area (Å²) in [7, 11) is 0. The van der Waals surface area contributed by atoms with Gasteiger partial charge in [-0.3, -0.25) is 21.4 Å². The summed E-state index contributed by atoms with van der Waals surface area (Å²) in [4.78, 5) is 16.5. The molecule has 7 rings (SSSR count). The average molecular weight is 677 g/mol. The van der Waals surface area contributed by atoms with Crippen LogP contribution in [0, 0.1) is 13.8 Å². The van der Waals surface area contributed by atoms with Crippen LogP contribution in [0.1, 0.15) is 34.6 Å². The van der Waals surface area contributed by atoms with E-state index in [-0.39, 0.29) is 0 Å². The van der Waals surface area contributed by atoms with Gasteiger partial charge in [0.15, 0.2) is 11.6 Å². The summed E-state index contributed by atoms with van der Waals surface area (Å²) in [5, 5.41) is 29.2. The Morgan fingerprint density at radius 3 is 1.36 bits per heavy atom. The minimum atomic E-state index is 0.379. The highest BCUT2D eigenvalue weighted by atomic mass is 16.6. The third-order valence-corrected chi connectivity index (χ3v) is 7.09. The fourth-order valence-corrected chi connectivity index (χ4v) is 4.94. The molecule has 1 aliphatic rings. The maximum absolute atomic E-state index is 8.62. The van der Waals surface area contributed by atoms with Gasteiger partial charge in [0.1, 0.15) is 12.7 Å². The molecule has 14 heteroatoms. The summed E-state index contributed by atoms with van der Waals surface area (Å²) in [6.45, 7) is 6.62. The van der Waals surface area contributed by atoms with E-state index < -0.39 is 0 Å². The standard InChI is InChI=1S/2C16H14N4O2.C4H8O2/c2*1-11-19-16(22-20-11)15(9-17-10-18-21)14-8-4-6-12-5-2-3-7-13(12)14;1-2-6-4-3-5-1/h2*2-10,21H,1H3,(H,17,18);1-4H2/b2*15-9-;. The van der Waals surface area contributed by atoms with Crippen LogP contribution in [-0.2, 0) is 9.47 Å². The van der Waals surface area contributed by atoms with Gasteiger partial charge in [-0.05, 0) is 46.5 Å². The van der Waals surface area contributed by atoms with Crippen LogP contribution < -0.4 is 11.0 Å². The fourth-order valence-electron chi connectivity index (χ4n) is 4.94. The topological polar surface area (TPSA) is 186 Å². The number of benzene rings is 4. The van der Waals surface area contributed by atoms with Crippen molar-refractivity contribution in [3.63, 3.8) is 0 Å². The fraction of sp³-hybridized carbons (Fsp3) is 0.167. The number of hydrogen-bond acceptors (Lipinski definition) is 12. The van der Waals surface area contributed by atoms with Gasteiger partial charge in [-0.2, -0.15) is 9.97 Å². The monoisotopic (exact) mass is 676 g/mol. The van der Waals surface area contributed by atoms with Gasteiger partial charge in [0, 0.05) is 12.4 Å². The molecule has 0 saturated carbocycles. The molecule has 2 aromatic heterocycles. The zero-order valence-corrected chi connectivity index (χ0v) is 27.4. The smallest absolute Gasteiger partial charge is 0.260 e. The number of hydroxylamine groups is 2. The molecule has 256 valence electrons. The third kappa shape index (κ3) is 9.52. The van der Waals surface area contributed by atoms with E-state index in [2.05, 4.69) is 30.3 Å². The molecular weight excluding hydrogens is 640 g/mol. The number of fused-ring (bicyclic) bond motifs is 2. The molecule has 1 aliphatic heterocycles. The Bertz CT molecular complexity index is 1930. The molecule has 1 saturated heterocycles. The van der Waals surface area contributed by atoms with Gasteiger partial charge in [-0.25, -0.2) is 9.98 Å². The largest absolute Gasteiger partial charge is 0.377 e. The lowest BCUT2D eigenvalue weighted by Crippen LogP contribution is -2.16. The van der Waals surface area contributed by atoms with Crippen LogP contribution in [0.15, 0.2) is 116 Å². The molecule has 0 unspecified atom stereocenters. The highest BCUT2D eigenvalue weighted by Crippen LogP contribution is 2.30. The van der Waals surface area contributed by atoms with Crippen LogP contribution in [0.4, 0.5) is 0 Å². The SMILES string of the molecule is C1COCCO1.Cc1noc(/C(=C\N=CNO)c2cccc3ccccc23)n1.Cc1noc(/C(=C\N=CNO)c2cccc3ccccc23)n1. The molecule has 4 N–H and O–H groups in total. The lowest BCUT2D eigenvalue weighted by molar-refractivity contribution is -0.0334. The first-order valence-corrected chi connectivity index (χ1v) is 15.5. The Morgan fingerprint density at radius 2 is 1.00 bits per heavy atom. The second-order valence-corrected chi connectivity index (χ2v) is 10.5. The molecule has 0 amide bonds. The normalized spacial score (nSPS) is 13.6. The molecule has 3 heterocycles. The minimum Gasteiger partial charge on any atom is -0.377 e. The predicted octanol–water partition coefficient (Wildman–Crippen LogP) is 5.89. The van der Waals surface area contributed by atoms with Crippen molar-refractivity contribution in [2.45, 2.75) is 13.8 Å². The van der Waals surface area contributed by atoms with Gasteiger partial charge >= 0.3 is 0 Å². The first-order valence-electron chi connectivity index (χ1n) is 15.5. The number of aromatic nitrogens is 4. The summed E-state index contributed by atoms with van der Waals surface area (Å²) in [6, 6.07) is 28.0. The van der Waals surface area contributed by atoms with Crippen molar-refractivity contribution in [3.05, 3.63) is 132 Å². The van der Waals surface area contributed by atoms with Crippen LogP contribution in [0.3, 0.4) is 0 Å². The first-order chi connectivity index (χ1) is 24.6. The van der Waals surface area contributed by atoms with E-state index in [1.165, 1.54) is 0 Å². The Balaban J connectivity index is 0.000000167. The average Bonchev–Trinajstić information content (AvgIpc) is 3.80. The quantitative estimate of drug-likeness (QED) is 0.0853. The maximum Gasteiger partial charge on any atom is 0.260 e. The van der Waals surface area contributed by atoms with E-state index in [9.17, 15) is 0 Å². The number of aliphatic imine (C=N–C) groups is 2. The van der Waals surface area contributed by atoms with E-state index in [1.807, 2.05) is 95.9 Å². The van der Waals surface area contributed by atoms with E-state index >= 15 is 0 Å². The van der Waals surface area contributed by atoms with Gasteiger partial charge in [0.25, 0.3) is 11.8 Å². The van der Waals surface area contributed by atoms with Crippen LogP contribution in [0.2, 0.25) is 0 Å². The van der Waals surface area contributed by atoms with Crippen LogP contribution in [0.5, 0.6) is 0 Å². The molecule has 1 fully saturated rings. The third-order valence-electron chi connectivity index (χ3n) is 7.09. The Labute approximate surface area is 287 Å². The van der Waals surface area contributed by atoms with Crippen molar-refractivity contribution in [3.8, 4) is 0 Å². The van der Waals surface area contributed by atoms with Gasteiger partial charge in [0.2, 0.25) is 0 Å². The van der Waals surface area contributed by atoms with Crippen LogP contribution >= 0.6 is 0 Å². The molecule has 14 nitrogen and oxygen atoms in total. The molecule has 6 aromatic rings. The number of aryl methyl sites for hydroxylation is 2. The number of nitrogens with zero attached hydrogens (tertiary/aromatic N) is 6. The van der Waals surface area contributed by atoms with Crippen molar-refractivity contribution < 1.29 is 28.9 Å². The van der Waals surface area contributed by atoms with E-state index in [0.29, 0.717) is 34.6 Å². The number of hydrogen-bond donors (Lipinski definition) is 4. The zero-order chi connectivity index (χ0) is 35.0. The lowest BCUT2D eigenvalue weighted by atomic mass is 9.99. The molecule has 0 spiro atoms. The molecule has 0 aliphatic carbocycles. The maximum atomic E-state index is 8.62. The predicted molar refractivity (Wildman–Crippen MR) is 189 cm³/mol. The van der Waals surface area contributed by atoms with Crippen molar-refractivity contribution in [2.24, 2.45) is 9.98 Å². The van der Waals surface area contributed by atoms with E-state index in [1.54, 1.807) is 26.2 Å². The number of nitrogens with one attached hydrogen (secondary N) is 2. The van der Waals surface area contributed by atoms with Crippen molar-refractivity contribution in [1.82, 2.24) is 31.2 Å². The molecule has 0 atom stereocenters. The second-order valence-electron chi connectivity index (χ2n) is 10.5. The van der Waals surface area contributed by atoms with Crippen LogP contribution in [-0.4, -0.2) is 69.8 Å². The van der Waals surface area contributed by atoms with Crippen LogP contribution in [0.25, 0.3) is 32.7 Å². The lowest BCUT2D eigenvalue weighted by Gasteiger charge is -2.09. The number of rotatable bonds is 8. The summed E-state index contributed by atoms with van der Waals surface area (Å²) in [5.74, 6) is 1.85. The molecule has 4 aromatic carbocycles. The van der Waals surface area contributed by atoms with E-state index in [4.69, 9.17) is 28.9 Å². The van der Waals surface area contributed by atoms with Gasteiger partial charge < -0.3 is 18.5 Å². The van der Waals surface area contributed by atoms with Gasteiger partial charge in [0.05, 0.1) is 37.6 Å². The molecule has 0 radical (unpaired) electrons. The highest BCUT2D eigenvalue weighted by molar-refractivity contribution is 5.97. The zero-order valence-electron chi connectivity index (χ0n) is 27.4. The first kappa shape index (κ1) is 35.3. The summed E-state index contributed by atoms with van der Waals surface area (Å²) >= 11 is 0. The molecular formula is C36H36N8O6.